The van der Waals surface area contributed by atoms with Crippen LogP contribution in [0.1, 0.15) is 18.9 Å². The highest BCUT2D eigenvalue weighted by molar-refractivity contribution is 6.31. The quantitative estimate of drug-likeness (QED) is 0.820. The maximum absolute atomic E-state index is 11.7. The summed E-state index contributed by atoms with van der Waals surface area (Å²) in [7, 11) is 0. The van der Waals surface area contributed by atoms with Gasteiger partial charge in [-0.2, -0.15) is 0 Å². The second-order valence-corrected chi connectivity index (χ2v) is 4.85. The number of anilines is 1. The number of nitrogens with zero attached hydrogens (tertiary/aromatic N) is 1. The molecule has 0 heterocycles. The number of hydrogen-bond acceptors (Lipinski definition) is 2. The molecule has 0 aliphatic carbocycles. The molecule has 4 nitrogen and oxygen atoms in total. The molecule has 0 unspecified atom stereocenters. The highest BCUT2D eigenvalue weighted by Gasteiger charge is 2.14. The number of carbonyl (C=O) groups excluding carboxylic acids is 2. The van der Waals surface area contributed by atoms with Gasteiger partial charge in [-0.3, -0.25) is 9.59 Å². The van der Waals surface area contributed by atoms with Crippen LogP contribution in [0, 0.1) is 6.92 Å². The molecule has 5 heteroatoms. The predicted molar refractivity (Wildman–Crippen MR) is 82.0 cm³/mol. The van der Waals surface area contributed by atoms with Gasteiger partial charge in [-0.15, -0.1) is 6.58 Å². The van der Waals surface area contributed by atoms with Crippen LogP contribution in [0.4, 0.5) is 5.69 Å². The number of nitrogens with one attached hydrogen (secondary N) is 1. The number of amides is 2. The van der Waals surface area contributed by atoms with E-state index in [1.54, 1.807) is 17.0 Å². The van der Waals surface area contributed by atoms with Crippen molar-refractivity contribution in [3.05, 3.63) is 41.4 Å². The van der Waals surface area contributed by atoms with Gasteiger partial charge in [-0.25, -0.2) is 0 Å². The molecule has 0 saturated carbocycles. The number of halogens is 1. The molecule has 0 aliphatic heterocycles. The Morgan fingerprint density at radius 3 is 2.70 bits per heavy atom. The average Bonchev–Trinajstić information content (AvgIpc) is 2.40. The summed E-state index contributed by atoms with van der Waals surface area (Å²) in [5.41, 5.74) is 1.65. The summed E-state index contributed by atoms with van der Waals surface area (Å²) in [6.45, 7) is 7.63. The molecule has 1 aromatic rings. The summed E-state index contributed by atoms with van der Waals surface area (Å²) in [4.78, 5) is 24.8. The van der Waals surface area contributed by atoms with E-state index in [0.29, 0.717) is 23.8 Å². The van der Waals surface area contributed by atoms with Gasteiger partial charge in [0.25, 0.3) is 0 Å². The number of aryl methyl sites for hydroxylation is 1. The third kappa shape index (κ3) is 4.70. The Balaban J connectivity index is 2.74. The Bertz CT molecular complexity index is 515. The summed E-state index contributed by atoms with van der Waals surface area (Å²) in [6.07, 6.45) is 1.85. The zero-order valence-electron chi connectivity index (χ0n) is 11.8. The molecule has 1 N–H and O–H groups in total. The Hall–Kier alpha value is -1.81. The van der Waals surface area contributed by atoms with Crippen LogP contribution < -0.4 is 10.2 Å². The minimum atomic E-state index is -0.124. The summed E-state index contributed by atoms with van der Waals surface area (Å²) in [5, 5.41) is 3.28. The lowest BCUT2D eigenvalue weighted by atomic mass is 10.2. The molecular weight excluding hydrogens is 276 g/mol. The summed E-state index contributed by atoms with van der Waals surface area (Å²) < 4.78 is 0. The van der Waals surface area contributed by atoms with Crippen molar-refractivity contribution in [3.63, 3.8) is 0 Å². The molecule has 2 amide bonds. The third-order valence-corrected chi connectivity index (χ3v) is 3.26. The maximum Gasteiger partial charge on any atom is 0.223 e. The molecule has 0 radical (unpaired) electrons. The van der Waals surface area contributed by atoms with Crippen LogP contribution in [-0.4, -0.2) is 24.9 Å². The fraction of sp³-hybridized carbons (Fsp3) is 0.333. The highest BCUT2D eigenvalue weighted by atomic mass is 35.5. The first kappa shape index (κ1) is 16.2. The molecule has 0 fully saturated rings. The maximum atomic E-state index is 11.7. The predicted octanol–water partition coefficient (Wildman–Crippen LogP) is 2.69. The molecule has 0 aromatic heterocycles. The van der Waals surface area contributed by atoms with Gasteiger partial charge in [0.15, 0.2) is 0 Å². The third-order valence-electron chi connectivity index (χ3n) is 2.85. The Labute approximate surface area is 124 Å². The van der Waals surface area contributed by atoms with Gasteiger partial charge in [0.05, 0.1) is 0 Å². The second-order valence-electron chi connectivity index (χ2n) is 4.45. The molecule has 0 spiro atoms. The minimum Gasteiger partial charge on any atom is -0.353 e. The zero-order chi connectivity index (χ0) is 15.1. The summed E-state index contributed by atoms with van der Waals surface area (Å²) >= 11 is 6.07. The summed E-state index contributed by atoms with van der Waals surface area (Å²) in [6, 6.07) is 5.41. The van der Waals surface area contributed by atoms with Gasteiger partial charge < -0.3 is 10.2 Å². The number of carbonyl (C=O) groups is 2. The van der Waals surface area contributed by atoms with Crippen molar-refractivity contribution >= 4 is 29.1 Å². The SMILES string of the molecule is C=CCNC(=O)CCN(C(C)=O)c1ccc(C)c(Cl)c1. The van der Waals surface area contributed by atoms with E-state index in [9.17, 15) is 9.59 Å². The van der Waals surface area contributed by atoms with Crippen LogP contribution in [0.2, 0.25) is 5.02 Å². The van der Waals surface area contributed by atoms with Crippen molar-refractivity contribution in [2.24, 2.45) is 0 Å². The van der Waals surface area contributed by atoms with Gasteiger partial charge in [0.2, 0.25) is 11.8 Å². The largest absolute Gasteiger partial charge is 0.353 e. The van der Waals surface area contributed by atoms with Crippen LogP contribution in [0.15, 0.2) is 30.9 Å². The Morgan fingerprint density at radius 1 is 1.45 bits per heavy atom. The monoisotopic (exact) mass is 294 g/mol. The van der Waals surface area contributed by atoms with Crippen LogP contribution in [0.3, 0.4) is 0 Å². The first-order valence-electron chi connectivity index (χ1n) is 6.37. The first-order valence-corrected chi connectivity index (χ1v) is 6.75. The van der Waals surface area contributed by atoms with E-state index in [1.165, 1.54) is 6.92 Å². The van der Waals surface area contributed by atoms with Gasteiger partial charge in [-0.1, -0.05) is 23.7 Å². The molecule has 0 aliphatic rings. The molecule has 1 aromatic carbocycles. The lowest BCUT2D eigenvalue weighted by Gasteiger charge is -2.21. The van der Waals surface area contributed by atoms with Crippen LogP contribution >= 0.6 is 11.6 Å². The van der Waals surface area contributed by atoms with E-state index in [0.717, 1.165) is 5.56 Å². The molecule has 0 bridgehead atoms. The van der Waals surface area contributed by atoms with E-state index in [4.69, 9.17) is 11.6 Å². The lowest BCUT2D eigenvalue weighted by molar-refractivity contribution is -0.120. The molecular formula is C15H19ClN2O2. The molecule has 0 atom stereocenters. The van der Waals surface area contributed by atoms with Gasteiger partial charge in [-0.05, 0) is 24.6 Å². The topological polar surface area (TPSA) is 49.4 Å². The highest BCUT2D eigenvalue weighted by Crippen LogP contribution is 2.23. The van der Waals surface area contributed by atoms with Gasteiger partial charge in [0, 0.05) is 37.1 Å². The molecule has 0 saturated heterocycles. The smallest absolute Gasteiger partial charge is 0.223 e. The first-order chi connectivity index (χ1) is 9.45. The molecule has 108 valence electrons. The Kier molecular flexibility index (Phi) is 6.25. The molecule has 20 heavy (non-hydrogen) atoms. The van der Waals surface area contributed by atoms with Crippen molar-refractivity contribution in [3.8, 4) is 0 Å². The van der Waals surface area contributed by atoms with Gasteiger partial charge in [0.1, 0.15) is 0 Å². The van der Waals surface area contributed by atoms with Crippen molar-refractivity contribution in [2.45, 2.75) is 20.3 Å². The van der Waals surface area contributed by atoms with Gasteiger partial charge >= 0.3 is 0 Å². The lowest BCUT2D eigenvalue weighted by Crippen LogP contribution is -2.33. The van der Waals surface area contributed by atoms with E-state index < -0.39 is 0 Å². The fourth-order valence-corrected chi connectivity index (χ4v) is 1.88. The van der Waals surface area contributed by atoms with Crippen molar-refractivity contribution < 1.29 is 9.59 Å². The number of rotatable bonds is 6. The average molecular weight is 295 g/mol. The van der Waals surface area contributed by atoms with E-state index in [1.807, 2.05) is 19.1 Å². The van der Waals surface area contributed by atoms with Crippen molar-refractivity contribution in [2.75, 3.05) is 18.0 Å². The van der Waals surface area contributed by atoms with Crippen molar-refractivity contribution in [1.29, 1.82) is 0 Å². The second kappa shape index (κ2) is 7.70. The normalized spacial score (nSPS) is 9.95. The number of benzene rings is 1. The van der Waals surface area contributed by atoms with Crippen LogP contribution in [0.5, 0.6) is 0 Å². The standard InChI is InChI=1S/C15H19ClN2O2/c1-4-8-17-15(20)7-9-18(12(3)19)13-6-5-11(2)14(16)10-13/h4-6,10H,1,7-9H2,2-3H3,(H,17,20). The summed E-state index contributed by atoms with van der Waals surface area (Å²) in [5.74, 6) is -0.240. The van der Waals surface area contributed by atoms with Crippen molar-refractivity contribution in [1.82, 2.24) is 5.32 Å². The number of hydrogen-bond donors (Lipinski definition) is 1. The zero-order valence-corrected chi connectivity index (χ0v) is 12.5. The Morgan fingerprint density at radius 2 is 2.15 bits per heavy atom. The van der Waals surface area contributed by atoms with Crippen LogP contribution in [-0.2, 0) is 9.59 Å². The van der Waals surface area contributed by atoms with E-state index in [-0.39, 0.29) is 18.2 Å². The fourth-order valence-electron chi connectivity index (χ4n) is 1.71. The minimum absolute atomic E-state index is 0.116. The molecule has 1 rings (SSSR count). The van der Waals surface area contributed by atoms with E-state index in [2.05, 4.69) is 11.9 Å². The van der Waals surface area contributed by atoms with Crippen LogP contribution in [0.25, 0.3) is 0 Å². The van der Waals surface area contributed by atoms with E-state index >= 15 is 0 Å².